The fourth-order valence-electron chi connectivity index (χ4n) is 1.62. The molecule has 4 unspecified atom stereocenters. The summed E-state index contributed by atoms with van der Waals surface area (Å²) in [6.45, 7) is 25.5. The highest BCUT2D eigenvalue weighted by Gasteiger charge is 2.52. The van der Waals surface area contributed by atoms with E-state index in [1.165, 1.54) is 0 Å². The van der Waals surface area contributed by atoms with Gasteiger partial charge in [0.2, 0.25) is 0 Å². The van der Waals surface area contributed by atoms with E-state index in [2.05, 4.69) is 83.1 Å². The lowest BCUT2D eigenvalue weighted by Crippen LogP contribution is -2.57. The van der Waals surface area contributed by atoms with Gasteiger partial charge in [-0.2, -0.15) is 0 Å². The minimum atomic E-state index is -3.30. The number of hydrogen-bond acceptors (Lipinski definition) is 4. The second kappa shape index (κ2) is 11.0. The van der Waals surface area contributed by atoms with E-state index in [0.717, 1.165) is 0 Å². The quantitative estimate of drug-likeness (QED) is 0.411. The molecule has 0 fully saturated rings. The topological polar surface area (TPSA) is 36.9 Å². The molecule has 4 nitrogen and oxygen atoms in total. The lowest BCUT2D eigenvalue weighted by atomic mass is 10.1. The standard InChI is InChI=1S/C20H44O4Si/c1-13(2)17(9)21-25(22-18(10)14(3)4,23-19(11)15(5)6)24-20(12)16(7)8/h13-20H,1-12H3. The zero-order valence-electron chi connectivity index (χ0n) is 18.8. The van der Waals surface area contributed by atoms with Gasteiger partial charge in [-0.05, 0) is 51.4 Å². The van der Waals surface area contributed by atoms with Crippen LogP contribution in [0.15, 0.2) is 0 Å². The first-order valence-electron chi connectivity index (χ1n) is 10.0. The molecule has 0 bridgehead atoms. The molecule has 0 radical (unpaired) electrons. The Bertz CT molecular complexity index is 288. The van der Waals surface area contributed by atoms with Crippen LogP contribution < -0.4 is 0 Å². The summed E-state index contributed by atoms with van der Waals surface area (Å²) in [4.78, 5) is 0. The summed E-state index contributed by atoms with van der Waals surface area (Å²) >= 11 is 0. The summed E-state index contributed by atoms with van der Waals surface area (Å²) in [5.74, 6) is 1.45. The fourth-order valence-corrected chi connectivity index (χ4v) is 4.87. The van der Waals surface area contributed by atoms with Gasteiger partial charge < -0.3 is 17.7 Å². The third-order valence-corrected chi connectivity index (χ3v) is 7.72. The van der Waals surface area contributed by atoms with Gasteiger partial charge in [0.15, 0.2) is 0 Å². The summed E-state index contributed by atoms with van der Waals surface area (Å²) in [6, 6.07) is 0. The first-order chi connectivity index (χ1) is 11.3. The van der Waals surface area contributed by atoms with E-state index in [0.29, 0.717) is 23.7 Å². The smallest absolute Gasteiger partial charge is 0.348 e. The summed E-state index contributed by atoms with van der Waals surface area (Å²) in [5.41, 5.74) is 0. The molecule has 5 heteroatoms. The predicted molar refractivity (Wildman–Crippen MR) is 107 cm³/mol. The van der Waals surface area contributed by atoms with Crippen LogP contribution in [0.2, 0.25) is 0 Å². The largest absolute Gasteiger partial charge is 0.680 e. The molecule has 0 spiro atoms. The minimum absolute atomic E-state index is 0.00440. The molecule has 0 aromatic carbocycles. The van der Waals surface area contributed by atoms with Crippen LogP contribution in [-0.4, -0.2) is 33.5 Å². The maximum Gasteiger partial charge on any atom is 0.680 e. The van der Waals surface area contributed by atoms with E-state index in [1.807, 2.05) is 0 Å². The van der Waals surface area contributed by atoms with Gasteiger partial charge in [-0.15, -0.1) is 0 Å². The highest BCUT2D eigenvalue weighted by atomic mass is 28.4. The lowest BCUT2D eigenvalue weighted by molar-refractivity contribution is -0.118. The van der Waals surface area contributed by atoms with Gasteiger partial charge >= 0.3 is 9.05 Å². The summed E-state index contributed by atoms with van der Waals surface area (Å²) in [7, 11) is -3.30. The number of hydrogen-bond donors (Lipinski definition) is 0. The first kappa shape index (κ1) is 25.1. The molecule has 0 saturated carbocycles. The maximum atomic E-state index is 6.43. The molecule has 0 aromatic rings. The normalized spacial score (nSPS) is 20.2. The van der Waals surface area contributed by atoms with Crippen LogP contribution in [0.3, 0.4) is 0 Å². The van der Waals surface area contributed by atoms with Crippen molar-refractivity contribution in [2.24, 2.45) is 23.7 Å². The molecule has 0 amide bonds. The van der Waals surface area contributed by atoms with Gasteiger partial charge in [0, 0.05) is 0 Å². The molecule has 4 atom stereocenters. The summed E-state index contributed by atoms with van der Waals surface area (Å²) in [6.07, 6.45) is 0.0176. The third-order valence-electron chi connectivity index (χ3n) is 5.08. The second-order valence-corrected chi connectivity index (χ2v) is 10.7. The number of rotatable bonds is 12. The van der Waals surface area contributed by atoms with Crippen molar-refractivity contribution in [3.63, 3.8) is 0 Å². The Kier molecular flexibility index (Phi) is 11.1. The molecule has 0 aliphatic rings. The zero-order chi connectivity index (χ0) is 19.9. The zero-order valence-corrected chi connectivity index (χ0v) is 19.8. The van der Waals surface area contributed by atoms with Crippen molar-refractivity contribution in [1.82, 2.24) is 0 Å². The molecule has 0 saturated heterocycles. The van der Waals surface area contributed by atoms with Crippen LogP contribution in [0, 0.1) is 23.7 Å². The van der Waals surface area contributed by atoms with Gasteiger partial charge in [-0.1, -0.05) is 55.4 Å². The highest BCUT2D eigenvalue weighted by molar-refractivity contribution is 6.53. The van der Waals surface area contributed by atoms with Gasteiger partial charge in [-0.3, -0.25) is 0 Å². The van der Waals surface area contributed by atoms with Crippen molar-refractivity contribution >= 4 is 9.05 Å². The monoisotopic (exact) mass is 376 g/mol. The van der Waals surface area contributed by atoms with Crippen molar-refractivity contribution in [2.75, 3.05) is 0 Å². The molecule has 0 rings (SSSR count). The van der Waals surface area contributed by atoms with Crippen LogP contribution in [0.5, 0.6) is 0 Å². The molecular formula is C20H44O4Si. The van der Waals surface area contributed by atoms with Gasteiger partial charge in [0.25, 0.3) is 0 Å². The molecule has 0 heterocycles. The summed E-state index contributed by atoms with van der Waals surface area (Å²) in [5, 5.41) is 0. The van der Waals surface area contributed by atoms with E-state index in [9.17, 15) is 0 Å². The molecule has 152 valence electrons. The van der Waals surface area contributed by atoms with Crippen LogP contribution >= 0.6 is 0 Å². The highest BCUT2D eigenvalue weighted by Crippen LogP contribution is 2.28. The Balaban J connectivity index is 5.72. The Hall–Kier alpha value is 0.0569. The Labute approximate surface area is 158 Å². The van der Waals surface area contributed by atoms with Crippen molar-refractivity contribution in [3.05, 3.63) is 0 Å². The molecule has 0 aromatic heterocycles. The maximum absolute atomic E-state index is 6.43. The van der Waals surface area contributed by atoms with E-state index in [1.54, 1.807) is 0 Å². The van der Waals surface area contributed by atoms with Crippen LogP contribution in [0.1, 0.15) is 83.1 Å². The molecule has 0 aliphatic heterocycles. The van der Waals surface area contributed by atoms with Crippen molar-refractivity contribution in [1.29, 1.82) is 0 Å². The van der Waals surface area contributed by atoms with E-state index in [4.69, 9.17) is 17.7 Å². The van der Waals surface area contributed by atoms with Crippen LogP contribution in [-0.2, 0) is 17.7 Å². The van der Waals surface area contributed by atoms with Crippen LogP contribution in [0.4, 0.5) is 0 Å². The minimum Gasteiger partial charge on any atom is -0.348 e. The van der Waals surface area contributed by atoms with Gasteiger partial charge in [0.1, 0.15) is 0 Å². The third kappa shape index (κ3) is 9.00. The molecule has 25 heavy (non-hydrogen) atoms. The Morgan fingerprint density at radius 1 is 0.360 bits per heavy atom. The Morgan fingerprint density at radius 2 is 0.520 bits per heavy atom. The van der Waals surface area contributed by atoms with Gasteiger partial charge in [-0.25, -0.2) is 0 Å². The van der Waals surface area contributed by atoms with Crippen molar-refractivity contribution in [2.45, 2.75) is 108 Å². The van der Waals surface area contributed by atoms with Gasteiger partial charge in [0.05, 0.1) is 24.4 Å². The van der Waals surface area contributed by atoms with Crippen molar-refractivity contribution in [3.8, 4) is 0 Å². The predicted octanol–water partition coefficient (Wildman–Crippen LogP) is 5.67. The van der Waals surface area contributed by atoms with E-state index >= 15 is 0 Å². The molecular weight excluding hydrogens is 332 g/mol. The molecule has 0 aliphatic carbocycles. The average molecular weight is 377 g/mol. The van der Waals surface area contributed by atoms with Crippen LogP contribution in [0.25, 0.3) is 0 Å². The SMILES string of the molecule is CC(C)C(C)O[Si](OC(C)C(C)C)(OC(C)C(C)C)OC(C)C(C)C. The average Bonchev–Trinajstić information content (AvgIpc) is 2.46. The fraction of sp³-hybridized carbons (Fsp3) is 1.00. The summed E-state index contributed by atoms with van der Waals surface area (Å²) < 4.78 is 25.7. The molecule has 0 N–H and O–H groups in total. The Morgan fingerprint density at radius 3 is 0.640 bits per heavy atom. The first-order valence-corrected chi connectivity index (χ1v) is 11.7. The second-order valence-electron chi connectivity index (χ2n) is 8.77. The van der Waals surface area contributed by atoms with E-state index in [-0.39, 0.29) is 24.4 Å². The lowest BCUT2D eigenvalue weighted by Gasteiger charge is -2.39. The van der Waals surface area contributed by atoms with E-state index < -0.39 is 9.05 Å². The van der Waals surface area contributed by atoms with Crippen molar-refractivity contribution < 1.29 is 17.7 Å².